The van der Waals surface area contributed by atoms with E-state index in [0.29, 0.717) is 24.1 Å². The fourth-order valence-electron chi connectivity index (χ4n) is 1.76. The zero-order valence-corrected chi connectivity index (χ0v) is 11.7. The standard InChI is InChI=1S/C14H13N5O3/c1-9-7-12(19-22-9)18-13(20)11-4-5-15-14(17-11)16-8-10-3-2-6-21-10/h2-7H,8H2,1H3,(H,15,16,17)(H,18,19,20). The molecule has 0 bridgehead atoms. The van der Waals surface area contributed by atoms with E-state index in [2.05, 4.69) is 25.8 Å². The Morgan fingerprint density at radius 1 is 1.36 bits per heavy atom. The van der Waals surface area contributed by atoms with Crippen LogP contribution in [-0.4, -0.2) is 21.0 Å². The number of carbonyl (C=O) groups excluding carboxylic acids is 1. The van der Waals surface area contributed by atoms with E-state index in [1.807, 2.05) is 6.07 Å². The Hall–Kier alpha value is -3.16. The molecule has 8 nitrogen and oxygen atoms in total. The van der Waals surface area contributed by atoms with Gasteiger partial charge in [-0.15, -0.1) is 0 Å². The minimum atomic E-state index is -0.392. The van der Waals surface area contributed by atoms with Crippen molar-refractivity contribution >= 4 is 17.7 Å². The summed E-state index contributed by atoms with van der Waals surface area (Å²) in [6, 6.07) is 6.76. The van der Waals surface area contributed by atoms with Crippen molar-refractivity contribution in [3.63, 3.8) is 0 Å². The van der Waals surface area contributed by atoms with Crippen LogP contribution in [0.2, 0.25) is 0 Å². The van der Waals surface area contributed by atoms with Crippen LogP contribution >= 0.6 is 0 Å². The van der Waals surface area contributed by atoms with Crippen LogP contribution in [0.3, 0.4) is 0 Å². The Kier molecular flexibility index (Phi) is 3.82. The van der Waals surface area contributed by atoms with E-state index in [-0.39, 0.29) is 5.69 Å². The van der Waals surface area contributed by atoms with Gasteiger partial charge in [-0.1, -0.05) is 5.16 Å². The lowest BCUT2D eigenvalue weighted by Crippen LogP contribution is -2.15. The Morgan fingerprint density at radius 3 is 3.00 bits per heavy atom. The monoisotopic (exact) mass is 299 g/mol. The molecule has 0 aliphatic rings. The number of amides is 1. The summed E-state index contributed by atoms with van der Waals surface area (Å²) >= 11 is 0. The van der Waals surface area contributed by atoms with E-state index in [1.165, 1.54) is 12.3 Å². The van der Waals surface area contributed by atoms with Gasteiger partial charge in [0.05, 0.1) is 12.8 Å². The third-order valence-electron chi connectivity index (χ3n) is 2.76. The van der Waals surface area contributed by atoms with Gasteiger partial charge < -0.3 is 19.6 Å². The second-order valence-electron chi connectivity index (χ2n) is 4.48. The first kappa shape index (κ1) is 13.8. The van der Waals surface area contributed by atoms with Crippen LogP contribution in [0, 0.1) is 6.92 Å². The van der Waals surface area contributed by atoms with Gasteiger partial charge in [0.25, 0.3) is 5.91 Å². The lowest BCUT2D eigenvalue weighted by Gasteiger charge is -2.04. The largest absolute Gasteiger partial charge is 0.467 e. The topological polar surface area (TPSA) is 106 Å². The van der Waals surface area contributed by atoms with E-state index >= 15 is 0 Å². The Morgan fingerprint density at radius 2 is 2.27 bits per heavy atom. The first-order valence-electron chi connectivity index (χ1n) is 6.55. The zero-order valence-electron chi connectivity index (χ0n) is 11.7. The van der Waals surface area contributed by atoms with E-state index in [0.717, 1.165) is 5.76 Å². The lowest BCUT2D eigenvalue weighted by atomic mass is 10.3. The number of furan rings is 1. The summed E-state index contributed by atoms with van der Waals surface area (Å²) in [4.78, 5) is 20.3. The van der Waals surface area contributed by atoms with Crippen LogP contribution in [0.15, 0.2) is 45.7 Å². The van der Waals surface area contributed by atoms with Crippen LogP contribution in [0.1, 0.15) is 22.0 Å². The van der Waals surface area contributed by atoms with Crippen LogP contribution < -0.4 is 10.6 Å². The molecule has 3 heterocycles. The van der Waals surface area contributed by atoms with Crippen molar-refractivity contribution in [2.45, 2.75) is 13.5 Å². The van der Waals surface area contributed by atoms with E-state index < -0.39 is 5.91 Å². The number of hydrogen-bond acceptors (Lipinski definition) is 7. The normalized spacial score (nSPS) is 10.4. The van der Waals surface area contributed by atoms with Crippen molar-refractivity contribution in [3.05, 3.63) is 53.9 Å². The highest BCUT2D eigenvalue weighted by Crippen LogP contribution is 2.10. The molecule has 3 aromatic heterocycles. The van der Waals surface area contributed by atoms with E-state index in [1.54, 1.807) is 25.3 Å². The van der Waals surface area contributed by atoms with Crippen LogP contribution in [0.25, 0.3) is 0 Å². The molecule has 22 heavy (non-hydrogen) atoms. The highest BCUT2D eigenvalue weighted by Gasteiger charge is 2.11. The smallest absolute Gasteiger partial charge is 0.275 e. The number of nitrogens with zero attached hydrogens (tertiary/aromatic N) is 3. The van der Waals surface area contributed by atoms with Crippen molar-refractivity contribution in [1.29, 1.82) is 0 Å². The quantitative estimate of drug-likeness (QED) is 0.744. The molecule has 112 valence electrons. The molecule has 0 saturated heterocycles. The second-order valence-corrected chi connectivity index (χ2v) is 4.48. The highest BCUT2D eigenvalue weighted by molar-refractivity contribution is 6.02. The molecule has 0 radical (unpaired) electrons. The second kappa shape index (κ2) is 6.08. The van der Waals surface area contributed by atoms with Gasteiger partial charge in [0, 0.05) is 12.3 Å². The van der Waals surface area contributed by atoms with Gasteiger partial charge >= 0.3 is 0 Å². The summed E-state index contributed by atoms with van der Waals surface area (Å²) in [6.07, 6.45) is 3.09. The predicted molar refractivity (Wildman–Crippen MR) is 77.3 cm³/mol. The van der Waals surface area contributed by atoms with Crippen molar-refractivity contribution in [3.8, 4) is 0 Å². The predicted octanol–water partition coefficient (Wildman–Crippen LogP) is 2.23. The lowest BCUT2D eigenvalue weighted by molar-refractivity contribution is 0.102. The molecule has 0 fully saturated rings. The maximum Gasteiger partial charge on any atom is 0.275 e. The number of aromatic nitrogens is 3. The van der Waals surface area contributed by atoms with Gasteiger partial charge in [-0.05, 0) is 25.1 Å². The first-order chi connectivity index (χ1) is 10.7. The van der Waals surface area contributed by atoms with Crippen LogP contribution in [-0.2, 0) is 6.54 Å². The Bertz CT molecular complexity index is 766. The molecule has 3 aromatic rings. The molecule has 8 heteroatoms. The van der Waals surface area contributed by atoms with E-state index in [9.17, 15) is 4.79 Å². The van der Waals surface area contributed by atoms with E-state index in [4.69, 9.17) is 8.94 Å². The van der Waals surface area contributed by atoms with Crippen molar-refractivity contribution < 1.29 is 13.7 Å². The molecule has 0 spiro atoms. The molecule has 0 aliphatic carbocycles. The molecule has 0 saturated carbocycles. The number of hydrogen-bond donors (Lipinski definition) is 2. The van der Waals surface area contributed by atoms with Gasteiger partial charge in [-0.2, -0.15) is 0 Å². The summed E-state index contributed by atoms with van der Waals surface area (Å²) < 4.78 is 10.1. The van der Waals surface area contributed by atoms with Gasteiger partial charge in [0.2, 0.25) is 5.95 Å². The molecule has 0 aromatic carbocycles. The highest BCUT2D eigenvalue weighted by atomic mass is 16.5. The minimum Gasteiger partial charge on any atom is -0.467 e. The molecular weight excluding hydrogens is 286 g/mol. The number of aryl methyl sites for hydroxylation is 1. The number of carbonyl (C=O) groups is 1. The third-order valence-corrected chi connectivity index (χ3v) is 2.76. The summed E-state index contributed by atoms with van der Waals surface area (Å²) in [5.74, 6) is 1.64. The van der Waals surface area contributed by atoms with Crippen molar-refractivity contribution in [2.24, 2.45) is 0 Å². The fraction of sp³-hybridized carbons (Fsp3) is 0.143. The number of rotatable bonds is 5. The fourth-order valence-corrected chi connectivity index (χ4v) is 1.76. The molecular formula is C14H13N5O3. The summed E-state index contributed by atoms with van der Waals surface area (Å²) in [6.45, 7) is 2.17. The summed E-state index contributed by atoms with van der Waals surface area (Å²) in [5.41, 5.74) is 0.220. The maximum atomic E-state index is 12.1. The zero-order chi connectivity index (χ0) is 15.4. The number of anilines is 2. The molecule has 2 N–H and O–H groups in total. The minimum absolute atomic E-state index is 0.220. The van der Waals surface area contributed by atoms with Gasteiger partial charge in [0.15, 0.2) is 5.82 Å². The van der Waals surface area contributed by atoms with Crippen molar-refractivity contribution in [2.75, 3.05) is 10.6 Å². The summed E-state index contributed by atoms with van der Waals surface area (Å²) in [7, 11) is 0. The molecule has 0 aliphatic heterocycles. The van der Waals surface area contributed by atoms with Crippen molar-refractivity contribution in [1.82, 2.24) is 15.1 Å². The number of nitrogens with one attached hydrogen (secondary N) is 2. The van der Waals surface area contributed by atoms with Gasteiger partial charge in [-0.3, -0.25) is 4.79 Å². The molecule has 0 atom stereocenters. The SMILES string of the molecule is Cc1cc(NC(=O)c2ccnc(NCc3ccco3)n2)no1. The van der Waals surface area contributed by atoms with Crippen LogP contribution in [0.4, 0.5) is 11.8 Å². The summed E-state index contributed by atoms with van der Waals surface area (Å²) in [5, 5.41) is 9.27. The van der Waals surface area contributed by atoms with Crippen LogP contribution in [0.5, 0.6) is 0 Å². The Balaban J connectivity index is 1.66. The average molecular weight is 299 g/mol. The Labute approximate surface area is 125 Å². The molecule has 3 rings (SSSR count). The molecule has 0 unspecified atom stereocenters. The van der Waals surface area contributed by atoms with Gasteiger partial charge in [-0.25, -0.2) is 9.97 Å². The average Bonchev–Trinajstić information content (AvgIpc) is 3.17. The van der Waals surface area contributed by atoms with Gasteiger partial charge in [0.1, 0.15) is 17.2 Å². The maximum absolute atomic E-state index is 12.1. The third kappa shape index (κ3) is 3.29. The first-order valence-corrected chi connectivity index (χ1v) is 6.55. The molecule has 1 amide bonds.